The van der Waals surface area contributed by atoms with Gasteiger partial charge in [0.15, 0.2) is 11.4 Å². The lowest BCUT2D eigenvalue weighted by atomic mass is 9.91. The fraction of sp³-hybridized carbons (Fsp3) is 0.520. The lowest BCUT2D eigenvalue weighted by Crippen LogP contribution is -2.57. The van der Waals surface area contributed by atoms with Gasteiger partial charge in [-0.15, -0.1) is 0 Å². The molecule has 0 radical (unpaired) electrons. The summed E-state index contributed by atoms with van der Waals surface area (Å²) >= 11 is 0. The highest BCUT2D eigenvalue weighted by Crippen LogP contribution is 2.31. The van der Waals surface area contributed by atoms with Crippen LogP contribution in [0.25, 0.3) is 11.0 Å². The fourth-order valence-electron chi connectivity index (χ4n) is 5.04. The van der Waals surface area contributed by atoms with Crippen LogP contribution in [0.3, 0.4) is 0 Å². The molecule has 2 aliphatic heterocycles. The molecule has 6 rings (SSSR count). The number of nitrogens with zero attached hydrogens (tertiary/aromatic N) is 4. The van der Waals surface area contributed by atoms with Crippen molar-refractivity contribution in [2.75, 3.05) is 37.7 Å². The van der Waals surface area contributed by atoms with Crippen LogP contribution >= 0.6 is 0 Å². The average Bonchev–Trinajstić information content (AvgIpc) is 3.58. The van der Waals surface area contributed by atoms with Gasteiger partial charge in [-0.25, -0.2) is 4.98 Å². The van der Waals surface area contributed by atoms with Gasteiger partial charge in [0, 0.05) is 63.0 Å². The zero-order chi connectivity index (χ0) is 21.3. The molecule has 0 spiro atoms. The Hall–Kier alpha value is -2.64. The second kappa shape index (κ2) is 8.71. The second-order valence-electron chi connectivity index (χ2n) is 9.51. The molecule has 3 aliphatic rings. The number of ether oxygens (including phenoxy) is 1. The Kier molecular flexibility index (Phi) is 5.45. The molecule has 0 amide bonds. The van der Waals surface area contributed by atoms with E-state index in [1.165, 1.54) is 31.2 Å². The molecule has 1 aliphatic carbocycles. The Morgan fingerprint density at radius 1 is 1.03 bits per heavy atom. The van der Waals surface area contributed by atoms with Crippen LogP contribution in [0, 0.1) is 5.92 Å². The molecule has 168 valence electrons. The van der Waals surface area contributed by atoms with Gasteiger partial charge in [0.1, 0.15) is 0 Å². The first-order valence-electron chi connectivity index (χ1n) is 12.0. The Bertz CT molecular complexity index is 1050. The standard InChI is InChI=1S/C25H31N5O2/c1-2-4-23-22(3-1)25(28-32-23)30-12-11-29-15-19(5-9-21(29)16-30)17-31-24-10-6-18(14-27-24)13-26-20-7-8-20/h1-4,6,10,14,19-21,26H,5,7-9,11-13,15-17H2. The Balaban J connectivity index is 0.999. The smallest absolute Gasteiger partial charge is 0.213 e. The minimum absolute atomic E-state index is 0.559. The molecule has 7 heteroatoms. The number of hydrogen-bond donors (Lipinski definition) is 1. The number of hydrogen-bond acceptors (Lipinski definition) is 7. The molecule has 2 atom stereocenters. The number of anilines is 1. The highest BCUT2D eigenvalue weighted by atomic mass is 16.5. The number of nitrogens with one attached hydrogen (secondary N) is 1. The quantitative estimate of drug-likeness (QED) is 0.612. The monoisotopic (exact) mass is 433 g/mol. The van der Waals surface area contributed by atoms with Crippen molar-refractivity contribution in [3.63, 3.8) is 0 Å². The normalized spacial score (nSPS) is 23.9. The number of para-hydroxylation sites is 1. The van der Waals surface area contributed by atoms with Crippen molar-refractivity contribution in [1.82, 2.24) is 20.4 Å². The number of aromatic nitrogens is 2. The molecule has 3 aromatic rings. The topological polar surface area (TPSA) is 66.7 Å². The Morgan fingerprint density at radius 2 is 1.97 bits per heavy atom. The summed E-state index contributed by atoms with van der Waals surface area (Å²) in [5.41, 5.74) is 2.09. The molecule has 0 bridgehead atoms. The summed E-state index contributed by atoms with van der Waals surface area (Å²) in [7, 11) is 0. The van der Waals surface area contributed by atoms with Gasteiger partial charge in [-0.2, -0.15) is 0 Å². The van der Waals surface area contributed by atoms with Gasteiger partial charge in [0.05, 0.1) is 12.0 Å². The van der Waals surface area contributed by atoms with Crippen molar-refractivity contribution in [3.8, 4) is 5.88 Å². The number of piperazine rings is 1. The summed E-state index contributed by atoms with van der Waals surface area (Å²) in [6.45, 7) is 5.80. The molecule has 2 aromatic heterocycles. The van der Waals surface area contributed by atoms with Crippen molar-refractivity contribution in [2.24, 2.45) is 5.92 Å². The van der Waals surface area contributed by atoms with Gasteiger partial charge in [0.2, 0.25) is 5.88 Å². The van der Waals surface area contributed by atoms with Gasteiger partial charge in [0.25, 0.3) is 0 Å². The SMILES string of the molecule is c1ccc2c(N3CCN4CC(COc5ccc(CNC6CC6)cn5)CCC4C3)noc2c1. The van der Waals surface area contributed by atoms with Gasteiger partial charge in [-0.1, -0.05) is 23.4 Å². The highest BCUT2D eigenvalue weighted by molar-refractivity contribution is 5.88. The van der Waals surface area contributed by atoms with Crippen molar-refractivity contribution in [2.45, 2.75) is 44.3 Å². The minimum Gasteiger partial charge on any atom is -0.477 e. The van der Waals surface area contributed by atoms with Crippen LogP contribution in [0.1, 0.15) is 31.2 Å². The van der Waals surface area contributed by atoms with Crippen molar-refractivity contribution in [1.29, 1.82) is 0 Å². The molecular weight excluding hydrogens is 402 g/mol. The van der Waals surface area contributed by atoms with Crippen molar-refractivity contribution < 1.29 is 9.26 Å². The number of rotatable bonds is 7. The molecule has 1 saturated carbocycles. The van der Waals surface area contributed by atoms with E-state index in [9.17, 15) is 0 Å². The molecule has 2 unspecified atom stereocenters. The van der Waals surface area contributed by atoms with Gasteiger partial charge < -0.3 is 19.5 Å². The zero-order valence-electron chi connectivity index (χ0n) is 18.4. The lowest BCUT2D eigenvalue weighted by Gasteiger charge is -2.46. The molecule has 32 heavy (non-hydrogen) atoms. The third kappa shape index (κ3) is 4.32. The minimum atomic E-state index is 0.559. The lowest BCUT2D eigenvalue weighted by molar-refractivity contribution is 0.0717. The van der Waals surface area contributed by atoms with Crippen LogP contribution in [0.5, 0.6) is 5.88 Å². The van der Waals surface area contributed by atoms with Crippen molar-refractivity contribution in [3.05, 3.63) is 48.2 Å². The first-order valence-corrected chi connectivity index (χ1v) is 12.0. The molecule has 1 N–H and O–H groups in total. The van der Waals surface area contributed by atoms with E-state index >= 15 is 0 Å². The zero-order valence-corrected chi connectivity index (χ0v) is 18.4. The van der Waals surface area contributed by atoms with Gasteiger partial charge in [-0.3, -0.25) is 4.90 Å². The van der Waals surface area contributed by atoms with Crippen LogP contribution in [-0.2, 0) is 6.54 Å². The summed E-state index contributed by atoms with van der Waals surface area (Å²) in [6, 6.07) is 13.6. The highest BCUT2D eigenvalue weighted by Gasteiger charge is 2.34. The first-order chi connectivity index (χ1) is 15.8. The molecule has 4 heterocycles. The van der Waals surface area contributed by atoms with E-state index in [1.807, 2.05) is 24.4 Å². The number of pyridine rings is 1. The van der Waals surface area contributed by atoms with E-state index in [-0.39, 0.29) is 0 Å². The molecule has 7 nitrogen and oxygen atoms in total. The molecule has 3 fully saturated rings. The third-order valence-corrected chi connectivity index (χ3v) is 7.10. The molecule has 2 saturated heterocycles. The largest absolute Gasteiger partial charge is 0.477 e. The van der Waals surface area contributed by atoms with Crippen LogP contribution in [-0.4, -0.2) is 59.9 Å². The van der Waals surface area contributed by atoms with E-state index in [0.717, 1.165) is 68.0 Å². The maximum absolute atomic E-state index is 6.06. The third-order valence-electron chi connectivity index (χ3n) is 7.10. The fourth-order valence-corrected chi connectivity index (χ4v) is 5.04. The van der Waals surface area contributed by atoms with Crippen LogP contribution in [0.4, 0.5) is 5.82 Å². The Labute approximate surface area is 188 Å². The summed E-state index contributed by atoms with van der Waals surface area (Å²) in [5, 5.41) is 9.01. The second-order valence-corrected chi connectivity index (χ2v) is 9.51. The maximum atomic E-state index is 6.06. The van der Waals surface area contributed by atoms with Gasteiger partial charge >= 0.3 is 0 Å². The van der Waals surface area contributed by atoms with Crippen LogP contribution < -0.4 is 15.0 Å². The predicted octanol–water partition coefficient (Wildman–Crippen LogP) is 3.45. The van der Waals surface area contributed by atoms with E-state index in [0.29, 0.717) is 12.0 Å². The summed E-state index contributed by atoms with van der Waals surface area (Å²) in [4.78, 5) is 9.54. The molecular formula is C25H31N5O2. The van der Waals surface area contributed by atoms with E-state index in [4.69, 9.17) is 9.26 Å². The van der Waals surface area contributed by atoms with E-state index in [1.54, 1.807) is 0 Å². The Morgan fingerprint density at radius 3 is 2.84 bits per heavy atom. The number of benzene rings is 1. The van der Waals surface area contributed by atoms with Crippen LogP contribution in [0.2, 0.25) is 0 Å². The summed E-state index contributed by atoms with van der Waals surface area (Å²) in [5.74, 6) is 2.29. The van der Waals surface area contributed by atoms with Gasteiger partial charge in [-0.05, 0) is 43.4 Å². The van der Waals surface area contributed by atoms with E-state index in [2.05, 4.69) is 43.5 Å². The van der Waals surface area contributed by atoms with Crippen LogP contribution in [0.15, 0.2) is 47.1 Å². The van der Waals surface area contributed by atoms with E-state index < -0.39 is 0 Å². The maximum Gasteiger partial charge on any atom is 0.213 e. The predicted molar refractivity (Wildman–Crippen MR) is 124 cm³/mol. The molecule has 1 aromatic carbocycles. The summed E-state index contributed by atoms with van der Waals surface area (Å²) in [6.07, 6.45) is 6.94. The average molecular weight is 434 g/mol. The number of fused-ring (bicyclic) bond motifs is 2. The number of piperidine rings is 1. The van der Waals surface area contributed by atoms with Crippen molar-refractivity contribution >= 4 is 16.8 Å². The summed E-state index contributed by atoms with van der Waals surface area (Å²) < 4.78 is 11.6. The first kappa shape index (κ1) is 20.0.